The summed E-state index contributed by atoms with van der Waals surface area (Å²) in [4.78, 5) is 31.5. The van der Waals surface area contributed by atoms with Gasteiger partial charge in [-0.05, 0) is 69.2 Å². The van der Waals surface area contributed by atoms with Crippen LogP contribution in [0, 0.1) is 6.92 Å². The van der Waals surface area contributed by atoms with Crippen molar-refractivity contribution in [2.45, 2.75) is 46.6 Å². The number of aryl methyl sites for hydroxylation is 1. The molecule has 0 bridgehead atoms. The summed E-state index contributed by atoms with van der Waals surface area (Å²) in [5, 5.41) is 0.492. The highest BCUT2D eigenvalue weighted by molar-refractivity contribution is 5.99. The van der Waals surface area contributed by atoms with Crippen LogP contribution in [-0.4, -0.2) is 55.6 Å². The monoisotopic (exact) mass is 492 g/mol. The Morgan fingerprint density at radius 2 is 1.81 bits per heavy atom. The molecule has 0 unspecified atom stereocenters. The Morgan fingerprint density at radius 1 is 1.03 bits per heavy atom. The number of amides is 1. The van der Waals surface area contributed by atoms with E-state index in [4.69, 9.17) is 13.9 Å². The number of carbonyl (C=O) groups is 1. The molecule has 0 fully saturated rings. The summed E-state index contributed by atoms with van der Waals surface area (Å²) < 4.78 is 17.5. The molecule has 192 valence electrons. The topological polar surface area (TPSA) is 72.2 Å². The molecule has 0 saturated carbocycles. The Balaban J connectivity index is 1.81. The average molecular weight is 493 g/mol. The first kappa shape index (κ1) is 25.8. The molecule has 7 nitrogen and oxygen atoms in total. The van der Waals surface area contributed by atoms with Gasteiger partial charge in [-0.1, -0.05) is 38.5 Å². The molecule has 1 atom stereocenters. The molecule has 0 radical (unpaired) electrons. The summed E-state index contributed by atoms with van der Waals surface area (Å²) in [5.74, 6) is 1.10. The van der Waals surface area contributed by atoms with Gasteiger partial charge in [0, 0.05) is 6.54 Å². The first-order chi connectivity index (χ1) is 17.4. The van der Waals surface area contributed by atoms with Crippen LogP contribution in [0.4, 0.5) is 0 Å². The molecule has 1 aliphatic heterocycles. The molecule has 1 amide bonds. The molecule has 3 aromatic rings. The van der Waals surface area contributed by atoms with Crippen LogP contribution in [0.15, 0.2) is 45.6 Å². The second kappa shape index (κ2) is 11.2. The van der Waals surface area contributed by atoms with E-state index in [1.165, 1.54) is 0 Å². The molecule has 4 rings (SSSR count). The highest BCUT2D eigenvalue weighted by atomic mass is 16.5. The number of benzene rings is 2. The van der Waals surface area contributed by atoms with Crippen LogP contribution in [0.3, 0.4) is 0 Å². The number of rotatable bonds is 11. The molecule has 0 saturated heterocycles. The van der Waals surface area contributed by atoms with Crippen LogP contribution in [0.25, 0.3) is 11.0 Å². The molecule has 0 aliphatic carbocycles. The second-order valence-electron chi connectivity index (χ2n) is 9.21. The van der Waals surface area contributed by atoms with E-state index in [0.29, 0.717) is 41.2 Å². The quantitative estimate of drug-likeness (QED) is 0.367. The van der Waals surface area contributed by atoms with Crippen molar-refractivity contribution in [2.75, 3.05) is 39.9 Å². The zero-order valence-corrected chi connectivity index (χ0v) is 21.9. The lowest BCUT2D eigenvalue weighted by atomic mass is 9.97. The third-order valence-corrected chi connectivity index (χ3v) is 6.85. The zero-order valence-electron chi connectivity index (χ0n) is 21.9. The lowest BCUT2D eigenvalue weighted by Crippen LogP contribution is -2.33. The predicted octanol–water partition coefficient (Wildman–Crippen LogP) is 5.18. The minimum absolute atomic E-state index is 0.134. The summed E-state index contributed by atoms with van der Waals surface area (Å²) in [6, 6.07) is 10.6. The van der Waals surface area contributed by atoms with Crippen molar-refractivity contribution < 1.29 is 18.7 Å². The van der Waals surface area contributed by atoms with Crippen molar-refractivity contribution >= 4 is 16.9 Å². The van der Waals surface area contributed by atoms with Crippen molar-refractivity contribution in [1.29, 1.82) is 0 Å². The molecule has 1 aliphatic rings. The molecule has 1 aromatic heterocycles. The number of ether oxygens (including phenoxy) is 2. The van der Waals surface area contributed by atoms with Gasteiger partial charge in [0.1, 0.15) is 5.58 Å². The second-order valence-corrected chi connectivity index (χ2v) is 9.21. The predicted molar refractivity (Wildman–Crippen MR) is 141 cm³/mol. The number of hydrogen-bond acceptors (Lipinski definition) is 6. The molecule has 0 N–H and O–H groups in total. The van der Waals surface area contributed by atoms with E-state index in [-0.39, 0.29) is 17.1 Å². The minimum atomic E-state index is -0.556. The lowest BCUT2D eigenvalue weighted by molar-refractivity contribution is 0.0720. The number of fused-ring (bicyclic) bond motifs is 2. The number of nitrogens with zero attached hydrogens (tertiary/aromatic N) is 2. The molecular formula is C29H36N2O5. The van der Waals surface area contributed by atoms with E-state index in [1.54, 1.807) is 18.1 Å². The first-order valence-corrected chi connectivity index (χ1v) is 12.8. The third-order valence-electron chi connectivity index (χ3n) is 6.85. The fraction of sp³-hybridized carbons (Fsp3) is 0.448. The van der Waals surface area contributed by atoms with Gasteiger partial charge in [-0.2, -0.15) is 0 Å². The Labute approximate surface area is 212 Å². The van der Waals surface area contributed by atoms with E-state index >= 15 is 0 Å². The van der Waals surface area contributed by atoms with E-state index in [0.717, 1.165) is 43.6 Å². The van der Waals surface area contributed by atoms with Crippen LogP contribution >= 0.6 is 0 Å². The van der Waals surface area contributed by atoms with Crippen LogP contribution in [0.5, 0.6) is 11.5 Å². The Morgan fingerprint density at radius 3 is 2.50 bits per heavy atom. The molecule has 7 heteroatoms. The van der Waals surface area contributed by atoms with Gasteiger partial charge in [0.15, 0.2) is 16.9 Å². The van der Waals surface area contributed by atoms with Crippen molar-refractivity contribution in [1.82, 2.24) is 9.80 Å². The van der Waals surface area contributed by atoms with Crippen LogP contribution in [0.2, 0.25) is 0 Å². The maximum atomic E-state index is 13.8. The van der Waals surface area contributed by atoms with Gasteiger partial charge in [-0.15, -0.1) is 0 Å². The molecule has 36 heavy (non-hydrogen) atoms. The van der Waals surface area contributed by atoms with Crippen LogP contribution < -0.4 is 14.9 Å². The van der Waals surface area contributed by atoms with E-state index in [1.807, 2.05) is 44.2 Å². The minimum Gasteiger partial charge on any atom is -0.493 e. The number of hydrogen-bond donors (Lipinski definition) is 0. The summed E-state index contributed by atoms with van der Waals surface area (Å²) in [5.41, 5.74) is 2.42. The highest BCUT2D eigenvalue weighted by Crippen LogP contribution is 2.41. The fourth-order valence-electron chi connectivity index (χ4n) is 4.90. The lowest BCUT2D eigenvalue weighted by Gasteiger charge is -2.27. The zero-order chi connectivity index (χ0) is 25.8. The molecule has 2 heterocycles. The molecular weight excluding hydrogens is 456 g/mol. The summed E-state index contributed by atoms with van der Waals surface area (Å²) >= 11 is 0. The van der Waals surface area contributed by atoms with E-state index in [9.17, 15) is 9.59 Å². The Hall–Kier alpha value is -3.32. The maximum absolute atomic E-state index is 13.8. The highest BCUT2D eigenvalue weighted by Gasteiger charge is 2.42. The standard InChI is InChI=1S/C29H36N2O5/c1-6-16-35-23-13-11-20(18-24(23)34-5)26-25-27(32)21-17-19(4)10-12-22(21)36-28(25)29(33)31(26)15-9-14-30(7-2)8-3/h10-13,17-18,26H,6-9,14-16H2,1-5H3/t26-/m1/s1. The maximum Gasteiger partial charge on any atom is 0.290 e. The molecule has 0 spiro atoms. The van der Waals surface area contributed by atoms with Crippen molar-refractivity contribution in [3.63, 3.8) is 0 Å². The summed E-state index contributed by atoms with van der Waals surface area (Å²) in [6.07, 6.45) is 1.67. The largest absolute Gasteiger partial charge is 0.493 e. The van der Waals surface area contributed by atoms with Gasteiger partial charge in [0.25, 0.3) is 5.91 Å². The Bertz CT molecular complexity index is 1290. The summed E-state index contributed by atoms with van der Waals surface area (Å²) in [6.45, 7) is 12.1. The summed E-state index contributed by atoms with van der Waals surface area (Å²) in [7, 11) is 1.60. The fourth-order valence-corrected chi connectivity index (χ4v) is 4.90. The van der Waals surface area contributed by atoms with Gasteiger partial charge in [-0.3, -0.25) is 9.59 Å². The number of carbonyl (C=O) groups excluding carboxylic acids is 1. The van der Waals surface area contributed by atoms with Crippen molar-refractivity contribution in [2.24, 2.45) is 0 Å². The van der Waals surface area contributed by atoms with Crippen LogP contribution in [0.1, 0.15) is 66.9 Å². The van der Waals surface area contributed by atoms with Crippen LogP contribution in [-0.2, 0) is 0 Å². The number of methoxy groups -OCH3 is 1. The Kier molecular flexibility index (Phi) is 7.99. The SMILES string of the molecule is CCCOc1ccc([C@@H]2c3c(oc4ccc(C)cc4c3=O)C(=O)N2CCCN(CC)CC)cc1OC. The van der Waals surface area contributed by atoms with Crippen molar-refractivity contribution in [3.8, 4) is 11.5 Å². The molecule has 2 aromatic carbocycles. The normalized spacial score (nSPS) is 15.1. The smallest absolute Gasteiger partial charge is 0.290 e. The van der Waals surface area contributed by atoms with E-state index in [2.05, 4.69) is 18.7 Å². The average Bonchev–Trinajstić information content (AvgIpc) is 3.17. The van der Waals surface area contributed by atoms with Crippen molar-refractivity contribution in [3.05, 3.63) is 69.1 Å². The van der Waals surface area contributed by atoms with Gasteiger partial charge in [-0.25, -0.2) is 0 Å². The van der Waals surface area contributed by atoms with E-state index < -0.39 is 6.04 Å². The van der Waals surface area contributed by atoms with Gasteiger partial charge < -0.3 is 23.7 Å². The van der Waals surface area contributed by atoms with Gasteiger partial charge in [0.2, 0.25) is 5.76 Å². The first-order valence-electron chi connectivity index (χ1n) is 12.8. The third kappa shape index (κ3) is 4.85. The van der Waals surface area contributed by atoms with Gasteiger partial charge >= 0.3 is 0 Å². The van der Waals surface area contributed by atoms with Gasteiger partial charge in [0.05, 0.1) is 30.7 Å².